The van der Waals surface area contributed by atoms with Crippen molar-refractivity contribution in [3.63, 3.8) is 0 Å². The highest BCUT2D eigenvalue weighted by molar-refractivity contribution is 5.84. The average molecular weight is 343 g/mol. The van der Waals surface area contributed by atoms with Gasteiger partial charge in [-0.3, -0.25) is 4.79 Å². The van der Waals surface area contributed by atoms with E-state index in [4.69, 9.17) is 0 Å². The van der Waals surface area contributed by atoms with Gasteiger partial charge in [0.2, 0.25) is 5.91 Å². The second kappa shape index (κ2) is 8.19. The number of phenols is 2. The maximum Gasteiger partial charge on any atom is 0.326 e. The van der Waals surface area contributed by atoms with E-state index in [-0.39, 0.29) is 30.3 Å². The van der Waals surface area contributed by atoms with E-state index in [0.29, 0.717) is 5.56 Å². The number of aromatic hydroxyl groups is 2. The Labute approximate surface area is 145 Å². The van der Waals surface area contributed by atoms with Gasteiger partial charge >= 0.3 is 5.97 Å². The molecule has 0 fully saturated rings. The lowest BCUT2D eigenvalue weighted by Crippen LogP contribution is -2.42. The van der Waals surface area contributed by atoms with Gasteiger partial charge in [0.25, 0.3) is 0 Å². The smallest absolute Gasteiger partial charge is 0.326 e. The summed E-state index contributed by atoms with van der Waals surface area (Å²) < 4.78 is 0. The molecule has 1 unspecified atom stereocenters. The summed E-state index contributed by atoms with van der Waals surface area (Å²) in [7, 11) is 0. The number of nitrogens with one attached hydrogen (secondary N) is 1. The van der Waals surface area contributed by atoms with Gasteiger partial charge in [0.15, 0.2) is 0 Å². The second-order valence-electron chi connectivity index (χ2n) is 6.00. The number of phenolic OH excluding ortho intramolecular Hbond substituents is 2. The number of carbonyl (C=O) groups is 2. The van der Waals surface area contributed by atoms with Crippen molar-refractivity contribution in [1.82, 2.24) is 5.32 Å². The Kier molecular flexibility index (Phi) is 6.00. The van der Waals surface area contributed by atoms with Crippen LogP contribution < -0.4 is 5.32 Å². The van der Waals surface area contributed by atoms with Crippen molar-refractivity contribution in [2.45, 2.75) is 31.7 Å². The van der Waals surface area contributed by atoms with Crippen LogP contribution in [0.15, 0.2) is 48.5 Å². The topological polar surface area (TPSA) is 107 Å². The van der Waals surface area contributed by atoms with Crippen molar-refractivity contribution in [2.75, 3.05) is 0 Å². The zero-order valence-corrected chi connectivity index (χ0v) is 13.8. The summed E-state index contributed by atoms with van der Waals surface area (Å²) in [4.78, 5) is 23.6. The molecule has 25 heavy (non-hydrogen) atoms. The average Bonchev–Trinajstić information content (AvgIpc) is 2.54. The molecule has 0 saturated carbocycles. The second-order valence-corrected chi connectivity index (χ2v) is 6.00. The summed E-state index contributed by atoms with van der Waals surface area (Å²) in [6.07, 6.45) is 0.220. The molecule has 0 aromatic heterocycles. The van der Waals surface area contributed by atoms with E-state index in [2.05, 4.69) is 5.32 Å². The molecule has 132 valence electrons. The third kappa shape index (κ3) is 5.24. The molecular weight excluding hydrogens is 322 g/mol. The van der Waals surface area contributed by atoms with Gasteiger partial charge in [0, 0.05) is 18.9 Å². The molecule has 0 spiro atoms. The van der Waals surface area contributed by atoms with Crippen LogP contribution in [-0.2, 0) is 16.0 Å². The molecule has 2 aromatic carbocycles. The van der Waals surface area contributed by atoms with E-state index in [1.54, 1.807) is 25.1 Å². The van der Waals surface area contributed by atoms with Crippen molar-refractivity contribution in [2.24, 2.45) is 0 Å². The summed E-state index contributed by atoms with van der Waals surface area (Å²) in [5.41, 5.74) is 1.34. The Hall–Kier alpha value is -3.02. The Morgan fingerprint density at radius 2 is 1.76 bits per heavy atom. The number of benzene rings is 2. The maximum absolute atomic E-state index is 12.2. The summed E-state index contributed by atoms with van der Waals surface area (Å²) in [5.74, 6) is -2.00. The molecule has 2 aromatic rings. The quantitative estimate of drug-likeness (QED) is 0.617. The largest absolute Gasteiger partial charge is 0.508 e. The number of hydrogen-bond acceptors (Lipinski definition) is 4. The normalized spacial score (nSPS) is 13.0. The van der Waals surface area contributed by atoms with Crippen LogP contribution in [0.25, 0.3) is 0 Å². The van der Waals surface area contributed by atoms with Crippen molar-refractivity contribution in [3.05, 3.63) is 59.7 Å². The van der Waals surface area contributed by atoms with Gasteiger partial charge in [-0.1, -0.05) is 43.3 Å². The molecule has 0 saturated heterocycles. The van der Waals surface area contributed by atoms with Gasteiger partial charge in [-0.2, -0.15) is 0 Å². The van der Waals surface area contributed by atoms with Crippen LogP contribution >= 0.6 is 0 Å². The molecule has 0 aliphatic carbocycles. The molecule has 0 bridgehead atoms. The predicted octanol–water partition coefficient (Wildman–Crippen LogP) is 2.40. The summed E-state index contributed by atoms with van der Waals surface area (Å²) >= 11 is 0. The van der Waals surface area contributed by atoms with Crippen molar-refractivity contribution >= 4 is 11.9 Å². The first-order chi connectivity index (χ1) is 11.9. The van der Waals surface area contributed by atoms with Gasteiger partial charge in [0.1, 0.15) is 17.5 Å². The van der Waals surface area contributed by atoms with Gasteiger partial charge in [-0.05, 0) is 23.1 Å². The van der Waals surface area contributed by atoms with E-state index in [1.807, 2.05) is 18.2 Å². The van der Waals surface area contributed by atoms with Gasteiger partial charge in [-0.15, -0.1) is 0 Å². The molecular formula is C19H21NO5. The Balaban J connectivity index is 2.00. The lowest BCUT2D eigenvalue weighted by molar-refractivity contribution is -0.141. The minimum absolute atomic E-state index is 0.0247. The minimum atomic E-state index is -1.10. The van der Waals surface area contributed by atoms with E-state index >= 15 is 0 Å². The van der Waals surface area contributed by atoms with Crippen molar-refractivity contribution in [3.8, 4) is 11.5 Å². The molecule has 0 aliphatic rings. The number of hydrogen-bond donors (Lipinski definition) is 4. The van der Waals surface area contributed by atoms with Gasteiger partial charge < -0.3 is 20.6 Å². The fourth-order valence-corrected chi connectivity index (χ4v) is 2.64. The zero-order chi connectivity index (χ0) is 18.4. The maximum atomic E-state index is 12.2. The van der Waals surface area contributed by atoms with Crippen LogP contribution in [0, 0.1) is 0 Å². The number of carbonyl (C=O) groups excluding carboxylic acids is 1. The van der Waals surface area contributed by atoms with Crippen LogP contribution in [0.2, 0.25) is 0 Å². The van der Waals surface area contributed by atoms with Gasteiger partial charge in [0.05, 0.1) is 0 Å². The molecule has 0 heterocycles. The summed E-state index contributed by atoms with van der Waals surface area (Å²) in [6.45, 7) is 1.75. The molecule has 0 radical (unpaired) electrons. The first-order valence-electron chi connectivity index (χ1n) is 7.94. The summed E-state index contributed by atoms with van der Waals surface area (Å²) in [5, 5.41) is 31.0. The van der Waals surface area contributed by atoms with E-state index in [1.165, 1.54) is 12.1 Å². The highest BCUT2D eigenvalue weighted by Gasteiger charge is 2.22. The SMILES string of the molecule is CC(CC(=O)N[C@@H](Cc1ccccc1)C(=O)O)c1ccc(O)cc1O. The molecule has 6 heteroatoms. The highest BCUT2D eigenvalue weighted by atomic mass is 16.4. The molecule has 2 atom stereocenters. The third-order valence-electron chi connectivity index (χ3n) is 3.95. The Bertz CT molecular complexity index is 745. The number of aliphatic carboxylic acids is 1. The Morgan fingerprint density at radius 1 is 1.08 bits per heavy atom. The Morgan fingerprint density at radius 3 is 2.36 bits per heavy atom. The van der Waals surface area contributed by atoms with Crippen LogP contribution in [0.3, 0.4) is 0 Å². The van der Waals surface area contributed by atoms with E-state index < -0.39 is 17.9 Å². The predicted molar refractivity (Wildman–Crippen MR) is 92.5 cm³/mol. The highest BCUT2D eigenvalue weighted by Crippen LogP contribution is 2.30. The first-order valence-corrected chi connectivity index (χ1v) is 7.94. The fourth-order valence-electron chi connectivity index (χ4n) is 2.64. The van der Waals surface area contributed by atoms with Crippen LogP contribution in [0.5, 0.6) is 11.5 Å². The monoisotopic (exact) mass is 343 g/mol. The van der Waals surface area contributed by atoms with Crippen LogP contribution in [0.4, 0.5) is 0 Å². The van der Waals surface area contributed by atoms with Gasteiger partial charge in [-0.25, -0.2) is 4.79 Å². The van der Waals surface area contributed by atoms with Crippen molar-refractivity contribution < 1.29 is 24.9 Å². The molecule has 1 amide bonds. The van der Waals surface area contributed by atoms with E-state index in [9.17, 15) is 24.9 Å². The van der Waals surface area contributed by atoms with Crippen LogP contribution in [-0.4, -0.2) is 33.2 Å². The molecule has 4 N–H and O–H groups in total. The lowest BCUT2D eigenvalue weighted by Gasteiger charge is -2.17. The number of carboxylic acids is 1. The third-order valence-corrected chi connectivity index (χ3v) is 3.95. The molecule has 0 aliphatic heterocycles. The number of carboxylic acid groups (broad SMARTS) is 1. The van der Waals surface area contributed by atoms with Crippen molar-refractivity contribution in [1.29, 1.82) is 0 Å². The molecule has 2 rings (SSSR count). The number of rotatable bonds is 7. The lowest BCUT2D eigenvalue weighted by atomic mass is 9.96. The standard InChI is InChI=1S/C19H21NO5/c1-12(15-8-7-14(21)11-17(15)22)9-18(23)20-16(19(24)25)10-13-5-3-2-4-6-13/h2-8,11-12,16,21-22H,9-10H2,1H3,(H,20,23)(H,24,25)/t12?,16-/m0/s1. The number of amides is 1. The zero-order valence-electron chi connectivity index (χ0n) is 13.8. The first kappa shape index (κ1) is 18.3. The van der Waals surface area contributed by atoms with Crippen LogP contribution in [0.1, 0.15) is 30.4 Å². The van der Waals surface area contributed by atoms with E-state index in [0.717, 1.165) is 5.56 Å². The fraction of sp³-hybridized carbons (Fsp3) is 0.263. The summed E-state index contributed by atoms with van der Waals surface area (Å²) in [6, 6.07) is 12.2. The molecule has 6 nitrogen and oxygen atoms in total. The minimum Gasteiger partial charge on any atom is -0.508 e.